The fourth-order valence-corrected chi connectivity index (χ4v) is 1.82. The molecular weight excluding hydrogens is 274 g/mol. The van der Waals surface area contributed by atoms with Gasteiger partial charge in [-0.25, -0.2) is 0 Å². The highest BCUT2D eigenvalue weighted by Gasteiger charge is 2.16. The number of benzene rings is 1. The molecule has 0 unspecified atom stereocenters. The van der Waals surface area contributed by atoms with Gasteiger partial charge in [0, 0.05) is 18.3 Å². The lowest BCUT2D eigenvalue weighted by Crippen LogP contribution is -2.04. The largest absolute Gasteiger partial charge is 0.480 e. The molecule has 0 fully saturated rings. The van der Waals surface area contributed by atoms with Crippen LogP contribution in [0.1, 0.15) is 31.1 Å². The molecule has 1 heterocycles. The summed E-state index contributed by atoms with van der Waals surface area (Å²) < 4.78 is 7.27. The number of aromatic nitrogens is 2. The molecular formula is C14H17N3O4. The first kappa shape index (κ1) is 15.0. The molecule has 7 heteroatoms. The van der Waals surface area contributed by atoms with E-state index in [1.54, 1.807) is 10.7 Å². The highest BCUT2D eigenvalue weighted by atomic mass is 16.6. The Morgan fingerprint density at radius 3 is 2.76 bits per heavy atom. The second kappa shape index (κ2) is 6.36. The van der Waals surface area contributed by atoms with Gasteiger partial charge < -0.3 is 9.84 Å². The van der Waals surface area contributed by atoms with Gasteiger partial charge in [0.15, 0.2) is 5.75 Å². The van der Waals surface area contributed by atoms with Crippen LogP contribution in [-0.4, -0.2) is 19.8 Å². The topological polar surface area (TPSA) is 90.4 Å². The van der Waals surface area contributed by atoms with Crippen LogP contribution in [0.4, 0.5) is 5.69 Å². The predicted molar refractivity (Wildman–Crippen MR) is 76.0 cm³/mol. The van der Waals surface area contributed by atoms with Crippen LogP contribution in [0, 0.1) is 10.1 Å². The van der Waals surface area contributed by atoms with E-state index in [-0.39, 0.29) is 30.7 Å². The summed E-state index contributed by atoms with van der Waals surface area (Å²) in [6.07, 6.45) is 1.84. The zero-order chi connectivity index (χ0) is 15.4. The maximum absolute atomic E-state index is 11.0. The summed E-state index contributed by atoms with van der Waals surface area (Å²) >= 11 is 0. The van der Waals surface area contributed by atoms with Gasteiger partial charge in [-0.3, -0.25) is 14.8 Å². The number of nitro benzene ring substituents is 1. The van der Waals surface area contributed by atoms with Crippen LogP contribution in [0.5, 0.6) is 5.75 Å². The van der Waals surface area contributed by atoms with Crippen LogP contribution in [0.15, 0.2) is 30.5 Å². The third-order valence-electron chi connectivity index (χ3n) is 2.97. The Kier molecular flexibility index (Phi) is 4.54. The molecule has 112 valence electrons. The summed E-state index contributed by atoms with van der Waals surface area (Å²) in [6.45, 7) is 3.92. The molecule has 2 aromatic rings. The lowest BCUT2D eigenvalue weighted by atomic mass is 10.2. The smallest absolute Gasteiger partial charge is 0.311 e. The molecule has 0 aliphatic carbocycles. The van der Waals surface area contributed by atoms with Gasteiger partial charge in [0.05, 0.1) is 17.2 Å². The fourth-order valence-electron chi connectivity index (χ4n) is 1.82. The first-order valence-electron chi connectivity index (χ1n) is 6.56. The first-order valence-corrected chi connectivity index (χ1v) is 6.56. The van der Waals surface area contributed by atoms with E-state index in [0.29, 0.717) is 11.3 Å². The molecule has 0 atom stereocenters. The lowest BCUT2D eigenvalue weighted by Gasteiger charge is -2.07. The molecule has 0 aliphatic heterocycles. The van der Waals surface area contributed by atoms with Crippen LogP contribution in [0.2, 0.25) is 0 Å². The van der Waals surface area contributed by atoms with Gasteiger partial charge in [-0.1, -0.05) is 6.07 Å². The number of hydrogen-bond acceptors (Lipinski definition) is 5. The zero-order valence-electron chi connectivity index (χ0n) is 11.9. The Labute approximate surface area is 121 Å². The van der Waals surface area contributed by atoms with E-state index in [1.165, 1.54) is 12.1 Å². The van der Waals surface area contributed by atoms with E-state index in [4.69, 9.17) is 9.84 Å². The quantitative estimate of drug-likeness (QED) is 0.652. The molecule has 0 saturated heterocycles. The molecule has 0 radical (unpaired) electrons. The van der Waals surface area contributed by atoms with Crippen molar-refractivity contribution < 1.29 is 14.8 Å². The van der Waals surface area contributed by atoms with Crippen molar-refractivity contribution in [3.8, 4) is 5.75 Å². The number of rotatable bonds is 6. The van der Waals surface area contributed by atoms with Gasteiger partial charge in [0.1, 0.15) is 6.61 Å². The van der Waals surface area contributed by atoms with E-state index in [1.807, 2.05) is 26.1 Å². The molecule has 7 nitrogen and oxygen atoms in total. The molecule has 2 rings (SSSR count). The summed E-state index contributed by atoms with van der Waals surface area (Å²) in [7, 11) is 0. The number of ether oxygens (including phenoxy) is 1. The second-order valence-corrected chi connectivity index (χ2v) is 4.89. The van der Waals surface area contributed by atoms with Crippen molar-refractivity contribution in [3.05, 3.63) is 51.8 Å². The third kappa shape index (κ3) is 3.57. The van der Waals surface area contributed by atoms with Gasteiger partial charge >= 0.3 is 5.69 Å². The molecule has 21 heavy (non-hydrogen) atoms. The van der Waals surface area contributed by atoms with Crippen LogP contribution in [0.3, 0.4) is 0 Å². The normalized spacial score (nSPS) is 10.9. The summed E-state index contributed by atoms with van der Waals surface area (Å²) in [4.78, 5) is 10.5. The van der Waals surface area contributed by atoms with Crippen LogP contribution >= 0.6 is 0 Å². The Hall–Kier alpha value is -2.41. The summed E-state index contributed by atoms with van der Waals surface area (Å²) in [5.41, 5.74) is 1.01. The maximum atomic E-state index is 11.0. The van der Waals surface area contributed by atoms with E-state index >= 15 is 0 Å². The minimum absolute atomic E-state index is 0.152. The average molecular weight is 291 g/mol. The Bertz CT molecular complexity index is 637. The number of aliphatic hydroxyl groups excluding tert-OH is 1. The fraction of sp³-hybridized carbons (Fsp3) is 0.357. The monoisotopic (exact) mass is 291 g/mol. The highest BCUT2D eigenvalue weighted by Crippen LogP contribution is 2.28. The summed E-state index contributed by atoms with van der Waals surface area (Å²) in [5.74, 6) is 0.163. The first-order chi connectivity index (χ1) is 10.0. The highest BCUT2D eigenvalue weighted by molar-refractivity contribution is 5.48. The minimum Gasteiger partial charge on any atom is -0.480 e. The van der Waals surface area contributed by atoms with Crippen molar-refractivity contribution in [3.63, 3.8) is 0 Å². The van der Waals surface area contributed by atoms with Crippen molar-refractivity contribution in [2.75, 3.05) is 0 Å². The van der Waals surface area contributed by atoms with E-state index < -0.39 is 4.92 Å². The Morgan fingerprint density at radius 1 is 1.43 bits per heavy atom. The predicted octanol–water partition coefficient (Wildman–Crippen LogP) is 2.44. The average Bonchev–Trinajstić information content (AvgIpc) is 2.94. The summed E-state index contributed by atoms with van der Waals surface area (Å²) in [5, 5.41) is 24.4. The molecule has 1 aromatic carbocycles. The maximum Gasteiger partial charge on any atom is 0.311 e. The Balaban J connectivity index is 2.13. The molecule has 1 N–H and O–H groups in total. The van der Waals surface area contributed by atoms with Gasteiger partial charge in [0.2, 0.25) is 0 Å². The van der Waals surface area contributed by atoms with Gasteiger partial charge in [-0.05, 0) is 31.5 Å². The molecule has 0 spiro atoms. The number of nitro groups is 1. The van der Waals surface area contributed by atoms with Crippen LogP contribution in [0.25, 0.3) is 0 Å². The zero-order valence-corrected chi connectivity index (χ0v) is 11.9. The van der Waals surface area contributed by atoms with Gasteiger partial charge in [-0.2, -0.15) is 5.10 Å². The molecule has 1 aromatic heterocycles. The third-order valence-corrected chi connectivity index (χ3v) is 2.97. The second-order valence-electron chi connectivity index (χ2n) is 4.89. The summed E-state index contributed by atoms with van der Waals surface area (Å²) in [6, 6.07) is 6.45. The van der Waals surface area contributed by atoms with Crippen molar-refractivity contribution in [1.29, 1.82) is 0 Å². The standard InChI is InChI=1S/C14H17N3O4/c1-10(2)16-6-5-12(15-16)9-21-14-4-3-11(8-18)7-13(14)17(19)20/h3-7,10,18H,8-9H2,1-2H3. The van der Waals surface area contributed by atoms with Crippen molar-refractivity contribution in [1.82, 2.24) is 9.78 Å². The lowest BCUT2D eigenvalue weighted by molar-refractivity contribution is -0.386. The molecule has 0 aliphatic rings. The van der Waals surface area contributed by atoms with Crippen molar-refractivity contribution in [2.24, 2.45) is 0 Å². The molecule has 0 saturated carbocycles. The molecule has 0 amide bonds. The van der Waals surface area contributed by atoms with E-state index in [2.05, 4.69) is 5.10 Å². The van der Waals surface area contributed by atoms with E-state index in [9.17, 15) is 10.1 Å². The number of aliphatic hydroxyl groups is 1. The Morgan fingerprint density at radius 2 is 2.19 bits per heavy atom. The minimum atomic E-state index is -0.527. The SMILES string of the molecule is CC(C)n1ccc(COc2ccc(CO)cc2[N+](=O)[O-])n1. The number of hydrogen-bond donors (Lipinski definition) is 1. The van der Waals surface area contributed by atoms with Crippen molar-refractivity contribution in [2.45, 2.75) is 33.1 Å². The van der Waals surface area contributed by atoms with Gasteiger partial charge in [-0.15, -0.1) is 0 Å². The van der Waals surface area contributed by atoms with Gasteiger partial charge in [0.25, 0.3) is 0 Å². The van der Waals surface area contributed by atoms with Crippen LogP contribution in [-0.2, 0) is 13.2 Å². The van der Waals surface area contributed by atoms with E-state index in [0.717, 1.165) is 0 Å². The molecule has 0 bridgehead atoms. The number of nitrogens with zero attached hydrogens (tertiary/aromatic N) is 3. The van der Waals surface area contributed by atoms with Crippen LogP contribution < -0.4 is 4.74 Å². The van der Waals surface area contributed by atoms with Crippen molar-refractivity contribution >= 4 is 5.69 Å².